The maximum atomic E-state index is 12.2. The molecule has 1 aliphatic heterocycles. The molecule has 4 nitrogen and oxygen atoms in total. The number of para-hydroxylation sites is 2. The summed E-state index contributed by atoms with van der Waals surface area (Å²) in [4.78, 5) is 25.9. The van der Waals surface area contributed by atoms with E-state index in [-0.39, 0.29) is 11.8 Å². The minimum Gasteiger partial charge on any atom is -0.321 e. The molecule has 0 aliphatic carbocycles. The van der Waals surface area contributed by atoms with Gasteiger partial charge in [0.15, 0.2) is 0 Å². The van der Waals surface area contributed by atoms with Crippen molar-refractivity contribution in [1.82, 2.24) is 0 Å². The highest BCUT2D eigenvalue weighted by molar-refractivity contribution is 9.10. The molecule has 24 heavy (non-hydrogen) atoms. The number of anilines is 2. The molecule has 0 unspecified atom stereocenters. The fourth-order valence-corrected chi connectivity index (χ4v) is 3.09. The van der Waals surface area contributed by atoms with Gasteiger partial charge in [0.1, 0.15) is 0 Å². The van der Waals surface area contributed by atoms with Crippen LogP contribution in [0.5, 0.6) is 0 Å². The topological polar surface area (TPSA) is 49.4 Å². The number of nitrogens with zero attached hydrogens (tertiary/aromatic N) is 1. The lowest BCUT2D eigenvalue weighted by molar-refractivity contribution is -0.117. The molecule has 1 heterocycles. The van der Waals surface area contributed by atoms with E-state index in [2.05, 4.69) is 21.2 Å². The molecule has 1 fully saturated rings. The van der Waals surface area contributed by atoms with E-state index in [4.69, 9.17) is 0 Å². The lowest BCUT2D eigenvalue weighted by atomic mass is 10.2. The van der Waals surface area contributed by atoms with Crippen molar-refractivity contribution in [2.45, 2.75) is 12.8 Å². The number of nitrogens with one attached hydrogen (secondary N) is 1. The SMILES string of the molecule is O=C(C=Cc1cccc(Br)c1)Nc1ccccc1N1CCCC1=O. The molecule has 0 aromatic heterocycles. The summed E-state index contributed by atoms with van der Waals surface area (Å²) in [5.41, 5.74) is 2.34. The van der Waals surface area contributed by atoms with Crippen molar-refractivity contribution in [3.8, 4) is 0 Å². The Labute approximate surface area is 149 Å². The highest BCUT2D eigenvalue weighted by Crippen LogP contribution is 2.29. The van der Waals surface area contributed by atoms with Crippen LogP contribution in [0.15, 0.2) is 59.1 Å². The fourth-order valence-electron chi connectivity index (χ4n) is 2.67. The Morgan fingerprint density at radius 1 is 1.17 bits per heavy atom. The van der Waals surface area contributed by atoms with Gasteiger partial charge in [0.25, 0.3) is 0 Å². The Hall–Kier alpha value is -2.40. The quantitative estimate of drug-likeness (QED) is 0.801. The monoisotopic (exact) mass is 384 g/mol. The van der Waals surface area contributed by atoms with Crippen LogP contribution in [0.1, 0.15) is 18.4 Å². The number of amides is 2. The molecule has 0 atom stereocenters. The van der Waals surface area contributed by atoms with Gasteiger partial charge in [-0.15, -0.1) is 0 Å². The van der Waals surface area contributed by atoms with Gasteiger partial charge in [-0.25, -0.2) is 0 Å². The first kappa shape index (κ1) is 16.5. The first-order valence-corrected chi connectivity index (χ1v) is 8.57. The number of rotatable bonds is 4. The predicted molar refractivity (Wildman–Crippen MR) is 99.8 cm³/mol. The molecule has 1 aliphatic rings. The van der Waals surface area contributed by atoms with Gasteiger partial charge in [0.05, 0.1) is 11.4 Å². The van der Waals surface area contributed by atoms with E-state index in [1.54, 1.807) is 11.0 Å². The molecular weight excluding hydrogens is 368 g/mol. The van der Waals surface area contributed by atoms with Crippen LogP contribution in [-0.2, 0) is 9.59 Å². The van der Waals surface area contributed by atoms with E-state index in [1.807, 2.05) is 48.5 Å². The molecule has 2 amide bonds. The summed E-state index contributed by atoms with van der Waals surface area (Å²) in [5.74, 6) is -0.129. The predicted octanol–water partition coefficient (Wildman–Crippen LogP) is 4.23. The van der Waals surface area contributed by atoms with Crippen molar-refractivity contribution in [1.29, 1.82) is 0 Å². The number of carbonyl (C=O) groups excluding carboxylic acids is 2. The first-order valence-electron chi connectivity index (χ1n) is 7.77. The molecule has 0 bridgehead atoms. The van der Waals surface area contributed by atoms with Crippen molar-refractivity contribution in [2.75, 3.05) is 16.8 Å². The highest BCUT2D eigenvalue weighted by atomic mass is 79.9. The van der Waals surface area contributed by atoms with E-state index in [9.17, 15) is 9.59 Å². The summed E-state index contributed by atoms with van der Waals surface area (Å²) in [6.45, 7) is 0.694. The second kappa shape index (κ2) is 7.45. The normalized spacial score (nSPS) is 14.4. The molecule has 0 spiro atoms. The van der Waals surface area contributed by atoms with Crippen molar-refractivity contribution in [2.24, 2.45) is 0 Å². The lowest BCUT2D eigenvalue weighted by Gasteiger charge is -2.19. The van der Waals surface area contributed by atoms with E-state index in [0.29, 0.717) is 18.7 Å². The largest absolute Gasteiger partial charge is 0.321 e. The molecule has 3 rings (SSSR count). The van der Waals surface area contributed by atoms with Crippen LogP contribution < -0.4 is 10.2 Å². The Morgan fingerprint density at radius 2 is 2.00 bits per heavy atom. The molecule has 2 aromatic rings. The van der Waals surface area contributed by atoms with Crippen LogP contribution in [-0.4, -0.2) is 18.4 Å². The standard InChI is InChI=1S/C19H17BrN2O2/c20-15-6-3-5-14(13-15)10-11-18(23)21-16-7-1-2-8-17(16)22-12-4-9-19(22)24/h1-3,5-8,10-11,13H,4,9,12H2,(H,21,23). The number of hydrogen-bond acceptors (Lipinski definition) is 2. The second-order valence-electron chi connectivity index (χ2n) is 5.54. The molecule has 5 heteroatoms. The number of hydrogen-bond donors (Lipinski definition) is 1. The summed E-state index contributed by atoms with van der Waals surface area (Å²) in [7, 11) is 0. The van der Waals surface area contributed by atoms with Gasteiger partial charge >= 0.3 is 0 Å². The van der Waals surface area contributed by atoms with Gasteiger partial charge in [-0.1, -0.05) is 40.2 Å². The second-order valence-corrected chi connectivity index (χ2v) is 6.46. The summed E-state index contributed by atoms with van der Waals surface area (Å²) < 4.78 is 0.961. The smallest absolute Gasteiger partial charge is 0.248 e. The van der Waals surface area contributed by atoms with E-state index in [0.717, 1.165) is 22.1 Å². The molecule has 1 saturated heterocycles. The highest BCUT2D eigenvalue weighted by Gasteiger charge is 2.23. The molecule has 0 radical (unpaired) electrons. The summed E-state index contributed by atoms with van der Waals surface area (Å²) >= 11 is 3.40. The minimum atomic E-state index is -0.228. The Kier molecular flexibility index (Phi) is 5.11. The molecule has 0 saturated carbocycles. The van der Waals surface area contributed by atoms with E-state index in [1.165, 1.54) is 6.08 Å². The Morgan fingerprint density at radius 3 is 2.75 bits per heavy atom. The molecule has 122 valence electrons. The number of carbonyl (C=O) groups is 2. The zero-order chi connectivity index (χ0) is 16.9. The van der Waals surface area contributed by atoms with Crippen molar-refractivity contribution >= 4 is 45.2 Å². The van der Waals surface area contributed by atoms with Crippen LogP contribution in [0.3, 0.4) is 0 Å². The van der Waals surface area contributed by atoms with Crippen molar-refractivity contribution < 1.29 is 9.59 Å². The molecular formula is C19H17BrN2O2. The lowest BCUT2D eigenvalue weighted by Crippen LogP contribution is -2.25. The molecule has 2 aromatic carbocycles. The zero-order valence-corrected chi connectivity index (χ0v) is 14.6. The number of benzene rings is 2. The summed E-state index contributed by atoms with van der Waals surface area (Å²) in [5, 5.41) is 2.86. The number of halogens is 1. The van der Waals surface area contributed by atoms with Gasteiger partial charge < -0.3 is 10.2 Å². The third kappa shape index (κ3) is 3.92. The van der Waals surface area contributed by atoms with Crippen LogP contribution in [0.2, 0.25) is 0 Å². The average Bonchev–Trinajstić information content (AvgIpc) is 2.99. The Bertz CT molecular complexity index is 801. The van der Waals surface area contributed by atoms with Gasteiger partial charge in [-0.2, -0.15) is 0 Å². The van der Waals surface area contributed by atoms with Crippen LogP contribution in [0.4, 0.5) is 11.4 Å². The zero-order valence-electron chi connectivity index (χ0n) is 13.0. The molecule has 1 N–H and O–H groups in total. The van der Waals surface area contributed by atoms with Gasteiger partial charge in [-0.05, 0) is 42.3 Å². The van der Waals surface area contributed by atoms with Crippen LogP contribution in [0.25, 0.3) is 6.08 Å². The Balaban J connectivity index is 1.74. The fraction of sp³-hybridized carbons (Fsp3) is 0.158. The summed E-state index contributed by atoms with van der Waals surface area (Å²) in [6.07, 6.45) is 4.66. The van der Waals surface area contributed by atoms with Gasteiger partial charge in [-0.3, -0.25) is 9.59 Å². The van der Waals surface area contributed by atoms with Crippen molar-refractivity contribution in [3.05, 3.63) is 64.6 Å². The third-order valence-corrected chi connectivity index (χ3v) is 4.30. The van der Waals surface area contributed by atoms with Gasteiger partial charge in [0, 0.05) is 23.5 Å². The van der Waals surface area contributed by atoms with E-state index >= 15 is 0 Å². The van der Waals surface area contributed by atoms with Crippen LogP contribution >= 0.6 is 15.9 Å². The average molecular weight is 385 g/mol. The van der Waals surface area contributed by atoms with Crippen LogP contribution in [0, 0.1) is 0 Å². The third-order valence-electron chi connectivity index (χ3n) is 3.80. The van der Waals surface area contributed by atoms with E-state index < -0.39 is 0 Å². The van der Waals surface area contributed by atoms with Crippen molar-refractivity contribution in [3.63, 3.8) is 0 Å². The summed E-state index contributed by atoms with van der Waals surface area (Å²) in [6, 6.07) is 15.1. The maximum Gasteiger partial charge on any atom is 0.248 e. The minimum absolute atomic E-state index is 0.0985. The first-order chi connectivity index (χ1) is 11.6. The van der Waals surface area contributed by atoms with Gasteiger partial charge in [0.2, 0.25) is 11.8 Å². The maximum absolute atomic E-state index is 12.2.